The summed E-state index contributed by atoms with van der Waals surface area (Å²) < 4.78 is 5.25. The molecule has 0 radical (unpaired) electrons. The number of carbonyl (C=O) groups excluding carboxylic acids is 1. The van der Waals surface area contributed by atoms with Gasteiger partial charge in [0.05, 0.1) is 0 Å². The first-order valence-electron chi connectivity index (χ1n) is 6.26. The first-order valence-corrected chi connectivity index (χ1v) is 6.26. The number of carboxylic acid groups (broad SMARTS) is 1. The minimum Gasteiger partial charge on any atom is -0.480 e. The van der Waals surface area contributed by atoms with E-state index in [0.29, 0.717) is 19.6 Å². The molecule has 5 heteroatoms. The third kappa shape index (κ3) is 4.34. The van der Waals surface area contributed by atoms with Crippen LogP contribution in [0.1, 0.15) is 39.0 Å². The van der Waals surface area contributed by atoms with Gasteiger partial charge in [-0.3, -0.25) is 4.79 Å². The van der Waals surface area contributed by atoms with Gasteiger partial charge in [-0.05, 0) is 19.3 Å². The van der Waals surface area contributed by atoms with E-state index in [-0.39, 0.29) is 12.5 Å². The largest absolute Gasteiger partial charge is 0.480 e. The fourth-order valence-corrected chi connectivity index (χ4v) is 2.02. The molecule has 1 rings (SSSR count). The Morgan fingerprint density at radius 1 is 1.41 bits per heavy atom. The maximum atomic E-state index is 11.7. The number of amides is 1. The van der Waals surface area contributed by atoms with Gasteiger partial charge in [-0.15, -0.1) is 0 Å². The lowest BCUT2D eigenvalue weighted by molar-refractivity contribution is -0.150. The Bertz CT molecular complexity index is 267. The first-order chi connectivity index (χ1) is 8.16. The summed E-state index contributed by atoms with van der Waals surface area (Å²) in [6, 6.07) is -0.651. The number of carboxylic acids is 1. The lowest BCUT2D eigenvalue weighted by atomic mass is 10.2. The van der Waals surface area contributed by atoms with E-state index in [1.54, 1.807) is 0 Å². The Labute approximate surface area is 102 Å². The summed E-state index contributed by atoms with van der Waals surface area (Å²) in [6.45, 7) is 3.22. The molecule has 1 heterocycles. The van der Waals surface area contributed by atoms with E-state index in [1.807, 2.05) is 0 Å². The normalized spacial score (nSPS) is 19.6. The molecule has 1 aliphatic rings. The topological polar surface area (TPSA) is 66.8 Å². The number of carbonyl (C=O) groups is 2. The molecule has 0 aromatic rings. The monoisotopic (exact) mass is 243 g/mol. The van der Waals surface area contributed by atoms with Crippen molar-refractivity contribution >= 4 is 11.9 Å². The number of unbranched alkanes of at least 4 members (excludes halogenated alkanes) is 2. The zero-order valence-corrected chi connectivity index (χ0v) is 10.4. The average Bonchev–Trinajstić information content (AvgIpc) is 2.77. The maximum Gasteiger partial charge on any atom is 0.326 e. The van der Waals surface area contributed by atoms with Crippen molar-refractivity contribution in [3.8, 4) is 0 Å². The summed E-state index contributed by atoms with van der Waals surface area (Å²) in [4.78, 5) is 24.0. The summed E-state index contributed by atoms with van der Waals surface area (Å²) in [5, 5.41) is 8.94. The average molecular weight is 243 g/mol. The number of ether oxygens (including phenoxy) is 1. The van der Waals surface area contributed by atoms with Crippen LogP contribution in [0.3, 0.4) is 0 Å². The summed E-state index contributed by atoms with van der Waals surface area (Å²) in [6.07, 6.45) is 4.47. The van der Waals surface area contributed by atoms with Crippen molar-refractivity contribution in [2.24, 2.45) is 0 Å². The molecule has 98 valence electrons. The van der Waals surface area contributed by atoms with Crippen LogP contribution in [0, 0.1) is 0 Å². The first kappa shape index (κ1) is 14.0. The van der Waals surface area contributed by atoms with Crippen molar-refractivity contribution < 1.29 is 19.4 Å². The zero-order valence-electron chi connectivity index (χ0n) is 10.4. The van der Waals surface area contributed by atoms with Gasteiger partial charge < -0.3 is 14.7 Å². The molecule has 1 aliphatic heterocycles. The minimum absolute atomic E-state index is 0.00743. The van der Waals surface area contributed by atoms with Crippen LogP contribution in [-0.2, 0) is 14.3 Å². The predicted molar refractivity (Wildman–Crippen MR) is 62.7 cm³/mol. The lowest BCUT2D eigenvalue weighted by Gasteiger charge is -2.21. The van der Waals surface area contributed by atoms with E-state index < -0.39 is 12.0 Å². The van der Waals surface area contributed by atoms with Gasteiger partial charge in [-0.2, -0.15) is 0 Å². The van der Waals surface area contributed by atoms with Crippen LogP contribution < -0.4 is 0 Å². The zero-order chi connectivity index (χ0) is 12.7. The highest BCUT2D eigenvalue weighted by Crippen LogP contribution is 2.17. The van der Waals surface area contributed by atoms with Gasteiger partial charge in [-0.25, -0.2) is 4.79 Å². The highest BCUT2D eigenvalue weighted by molar-refractivity contribution is 5.84. The quantitative estimate of drug-likeness (QED) is 0.684. The molecule has 1 fully saturated rings. The number of aliphatic carboxylic acids is 1. The second kappa shape index (κ2) is 7.27. The molecule has 0 aliphatic carbocycles. The summed E-state index contributed by atoms with van der Waals surface area (Å²) >= 11 is 0. The fourth-order valence-electron chi connectivity index (χ4n) is 2.02. The molecule has 0 spiro atoms. The molecule has 5 nitrogen and oxygen atoms in total. The van der Waals surface area contributed by atoms with Crippen molar-refractivity contribution in [2.45, 2.75) is 45.1 Å². The van der Waals surface area contributed by atoms with Crippen molar-refractivity contribution in [3.05, 3.63) is 0 Å². The third-order valence-electron chi connectivity index (χ3n) is 2.98. The van der Waals surface area contributed by atoms with Crippen LogP contribution in [-0.4, -0.2) is 47.7 Å². The smallest absolute Gasteiger partial charge is 0.326 e. The van der Waals surface area contributed by atoms with Gasteiger partial charge in [0.25, 0.3) is 0 Å². The molecule has 1 saturated heterocycles. The van der Waals surface area contributed by atoms with Crippen LogP contribution in [0.5, 0.6) is 0 Å². The molecule has 1 unspecified atom stereocenters. The molecule has 0 aromatic carbocycles. The Morgan fingerprint density at radius 2 is 2.18 bits per heavy atom. The van der Waals surface area contributed by atoms with E-state index in [4.69, 9.17) is 9.84 Å². The number of hydrogen-bond acceptors (Lipinski definition) is 3. The Hall–Kier alpha value is -1.10. The van der Waals surface area contributed by atoms with Crippen molar-refractivity contribution in [1.82, 2.24) is 4.90 Å². The van der Waals surface area contributed by atoms with Gasteiger partial charge in [0.15, 0.2) is 0 Å². The molecule has 0 bridgehead atoms. The third-order valence-corrected chi connectivity index (χ3v) is 2.98. The molecule has 1 amide bonds. The summed E-state index contributed by atoms with van der Waals surface area (Å²) in [5.74, 6) is -1.12. The van der Waals surface area contributed by atoms with Crippen LogP contribution in [0.2, 0.25) is 0 Å². The Balaban J connectivity index is 2.25. The summed E-state index contributed by atoms with van der Waals surface area (Å²) in [5.41, 5.74) is 0. The maximum absolute atomic E-state index is 11.7. The molecular formula is C12H21NO4. The van der Waals surface area contributed by atoms with Gasteiger partial charge in [-0.1, -0.05) is 19.8 Å². The SMILES string of the molecule is CCCCCOCC(=O)N1CCCC1C(=O)O. The van der Waals surface area contributed by atoms with Crippen LogP contribution in [0.4, 0.5) is 0 Å². The summed E-state index contributed by atoms with van der Waals surface area (Å²) in [7, 11) is 0. The van der Waals surface area contributed by atoms with Crippen LogP contribution >= 0.6 is 0 Å². The van der Waals surface area contributed by atoms with Gasteiger partial charge in [0.2, 0.25) is 5.91 Å². The van der Waals surface area contributed by atoms with Gasteiger partial charge in [0, 0.05) is 13.2 Å². The van der Waals surface area contributed by atoms with Crippen LogP contribution in [0.25, 0.3) is 0 Å². The van der Waals surface area contributed by atoms with E-state index in [0.717, 1.165) is 25.7 Å². The second-order valence-corrected chi connectivity index (χ2v) is 4.34. The molecule has 17 heavy (non-hydrogen) atoms. The van der Waals surface area contributed by atoms with E-state index in [1.165, 1.54) is 4.90 Å². The minimum atomic E-state index is -0.915. The second-order valence-electron chi connectivity index (χ2n) is 4.34. The fraction of sp³-hybridized carbons (Fsp3) is 0.833. The van der Waals surface area contributed by atoms with E-state index >= 15 is 0 Å². The van der Waals surface area contributed by atoms with E-state index in [9.17, 15) is 9.59 Å². The molecule has 0 saturated carbocycles. The Morgan fingerprint density at radius 3 is 2.82 bits per heavy atom. The number of hydrogen-bond donors (Lipinski definition) is 1. The lowest BCUT2D eigenvalue weighted by Crippen LogP contribution is -2.42. The highest BCUT2D eigenvalue weighted by Gasteiger charge is 2.33. The van der Waals surface area contributed by atoms with Gasteiger partial charge in [0.1, 0.15) is 12.6 Å². The van der Waals surface area contributed by atoms with Crippen molar-refractivity contribution in [2.75, 3.05) is 19.8 Å². The molecule has 1 N–H and O–H groups in total. The standard InChI is InChI=1S/C12H21NO4/c1-2-3-4-8-17-9-11(14)13-7-5-6-10(13)12(15)16/h10H,2-9H2,1H3,(H,15,16). The number of likely N-dealkylation sites (tertiary alicyclic amines) is 1. The Kier molecular flexibility index (Phi) is 5.97. The highest BCUT2D eigenvalue weighted by atomic mass is 16.5. The molecular weight excluding hydrogens is 222 g/mol. The predicted octanol–water partition coefficient (Wildman–Crippen LogP) is 1.27. The molecule has 1 atom stereocenters. The van der Waals surface area contributed by atoms with Crippen LogP contribution in [0.15, 0.2) is 0 Å². The van der Waals surface area contributed by atoms with Crippen molar-refractivity contribution in [1.29, 1.82) is 0 Å². The number of nitrogens with zero attached hydrogens (tertiary/aromatic N) is 1. The number of rotatable bonds is 7. The molecule has 0 aromatic heterocycles. The van der Waals surface area contributed by atoms with Gasteiger partial charge >= 0.3 is 5.97 Å². The van der Waals surface area contributed by atoms with Crippen molar-refractivity contribution in [3.63, 3.8) is 0 Å². The van der Waals surface area contributed by atoms with E-state index in [2.05, 4.69) is 6.92 Å².